The van der Waals surface area contributed by atoms with Crippen LogP contribution in [0.1, 0.15) is 34.0 Å². The molecule has 8 heteroatoms. The quantitative estimate of drug-likeness (QED) is 0.240. The van der Waals surface area contributed by atoms with E-state index in [9.17, 15) is 9.90 Å². The lowest BCUT2D eigenvalue weighted by Gasteiger charge is -2.13. The van der Waals surface area contributed by atoms with Gasteiger partial charge in [-0.3, -0.25) is 10.1 Å². The van der Waals surface area contributed by atoms with E-state index in [0.717, 1.165) is 23.1 Å². The number of nitrogens with one attached hydrogen (secondary N) is 2. The molecule has 33 heavy (non-hydrogen) atoms. The Kier molecular flexibility index (Phi) is 6.35. The molecule has 1 amide bonds. The summed E-state index contributed by atoms with van der Waals surface area (Å²) in [6, 6.07) is 14.4. The second-order valence-electron chi connectivity index (χ2n) is 7.76. The maximum atomic E-state index is 12.6. The Labute approximate surface area is 201 Å². The summed E-state index contributed by atoms with van der Waals surface area (Å²) in [6.45, 7) is 5.72. The molecule has 1 heterocycles. The Morgan fingerprint density at radius 1 is 1.15 bits per heavy atom. The zero-order valence-electron chi connectivity index (χ0n) is 18.3. The monoisotopic (exact) mass is 479 g/mol. The van der Waals surface area contributed by atoms with Crippen molar-refractivity contribution in [3.05, 3.63) is 75.8 Å². The summed E-state index contributed by atoms with van der Waals surface area (Å²) < 4.78 is 5.88. The first-order chi connectivity index (χ1) is 15.7. The van der Waals surface area contributed by atoms with Crippen LogP contribution in [-0.2, 0) is 6.42 Å². The molecule has 0 atom stereocenters. The van der Waals surface area contributed by atoms with Gasteiger partial charge in [-0.15, -0.1) is 0 Å². The minimum absolute atomic E-state index is 0.0595. The van der Waals surface area contributed by atoms with Gasteiger partial charge in [0.15, 0.2) is 10.7 Å². The van der Waals surface area contributed by atoms with E-state index in [4.69, 9.17) is 28.2 Å². The molecule has 6 nitrogen and oxygen atoms in total. The van der Waals surface area contributed by atoms with Crippen LogP contribution in [0.4, 0.5) is 5.69 Å². The number of rotatable bonds is 4. The number of benzene rings is 3. The summed E-state index contributed by atoms with van der Waals surface area (Å²) in [5.41, 5.74) is 5.36. The Balaban J connectivity index is 1.58. The molecule has 1 aromatic heterocycles. The molecule has 0 bridgehead atoms. The molecule has 0 aliphatic carbocycles. The van der Waals surface area contributed by atoms with Crippen LogP contribution in [0, 0.1) is 13.8 Å². The first-order valence-electron chi connectivity index (χ1n) is 10.4. The summed E-state index contributed by atoms with van der Waals surface area (Å²) in [6.07, 6.45) is 0.888. The molecule has 3 N–H and O–H groups in total. The minimum atomic E-state index is -0.418. The fraction of sp³-hybridized carbons (Fsp3) is 0.160. The molecule has 168 valence electrons. The summed E-state index contributed by atoms with van der Waals surface area (Å²) >= 11 is 11.5. The van der Waals surface area contributed by atoms with E-state index in [-0.39, 0.29) is 10.9 Å². The number of fused-ring (bicyclic) bond motifs is 1. The average molecular weight is 480 g/mol. The van der Waals surface area contributed by atoms with Crippen molar-refractivity contribution in [1.82, 2.24) is 10.3 Å². The lowest BCUT2D eigenvalue weighted by molar-refractivity contribution is 0.0978. The van der Waals surface area contributed by atoms with E-state index >= 15 is 0 Å². The van der Waals surface area contributed by atoms with E-state index in [0.29, 0.717) is 38.9 Å². The van der Waals surface area contributed by atoms with Crippen LogP contribution in [0.15, 0.2) is 52.9 Å². The minimum Gasteiger partial charge on any atom is -0.507 e. The number of carbonyl (C=O) groups is 1. The molecular formula is C25H22ClN3O3S. The Bertz CT molecular complexity index is 1400. The van der Waals surface area contributed by atoms with Crippen molar-refractivity contribution in [2.45, 2.75) is 27.2 Å². The first kappa shape index (κ1) is 22.8. The number of phenolic OH excluding ortho intramolecular Hbond substituents is 1. The van der Waals surface area contributed by atoms with Crippen molar-refractivity contribution in [2.75, 3.05) is 5.32 Å². The highest BCUT2D eigenvalue weighted by Gasteiger charge is 2.17. The van der Waals surface area contributed by atoms with Gasteiger partial charge in [0, 0.05) is 5.69 Å². The maximum absolute atomic E-state index is 12.6. The van der Waals surface area contributed by atoms with Gasteiger partial charge in [-0.25, -0.2) is 4.98 Å². The van der Waals surface area contributed by atoms with Gasteiger partial charge in [0.25, 0.3) is 5.91 Å². The zero-order valence-corrected chi connectivity index (χ0v) is 19.9. The van der Waals surface area contributed by atoms with Gasteiger partial charge >= 0.3 is 0 Å². The normalized spacial score (nSPS) is 10.9. The van der Waals surface area contributed by atoms with Crippen molar-refractivity contribution in [1.29, 1.82) is 0 Å². The zero-order chi connectivity index (χ0) is 23.7. The van der Waals surface area contributed by atoms with E-state index < -0.39 is 5.91 Å². The number of nitrogens with zero attached hydrogens (tertiary/aromatic N) is 1. The molecule has 0 saturated carbocycles. The smallest absolute Gasteiger partial charge is 0.258 e. The third-order valence-corrected chi connectivity index (χ3v) is 5.76. The van der Waals surface area contributed by atoms with Gasteiger partial charge in [0.05, 0.1) is 16.1 Å². The molecule has 0 aliphatic heterocycles. The fourth-order valence-electron chi connectivity index (χ4n) is 3.46. The fourth-order valence-corrected chi connectivity index (χ4v) is 3.99. The third kappa shape index (κ3) is 4.84. The number of halogens is 1. The SMILES string of the molecule is CCc1ccc2oc(-c3cc(NC(=S)NC(=O)c4ccc(C)cc4Cl)cc(C)c3O)nc2c1. The van der Waals surface area contributed by atoms with Gasteiger partial charge in [-0.05, 0) is 85.6 Å². The van der Waals surface area contributed by atoms with Crippen LogP contribution in [0.3, 0.4) is 0 Å². The van der Waals surface area contributed by atoms with Crippen LogP contribution < -0.4 is 10.6 Å². The molecule has 3 aromatic carbocycles. The molecular weight excluding hydrogens is 458 g/mol. The lowest BCUT2D eigenvalue weighted by Crippen LogP contribution is -2.34. The molecule has 0 radical (unpaired) electrons. The van der Waals surface area contributed by atoms with E-state index in [1.807, 2.05) is 25.1 Å². The van der Waals surface area contributed by atoms with Gasteiger partial charge < -0.3 is 14.8 Å². The third-order valence-electron chi connectivity index (χ3n) is 5.25. The van der Waals surface area contributed by atoms with Gasteiger partial charge in [0.2, 0.25) is 5.89 Å². The molecule has 0 aliphatic rings. The van der Waals surface area contributed by atoms with Crippen molar-refractivity contribution < 1.29 is 14.3 Å². The number of amides is 1. The number of aryl methyl sites for hydroxylation is 3. The summed E-state index contributed by atoms with van der Waals surface area (Å²) in [5, 5.41) is 16.7. The molecule has 0 spiro atoms. The number of hydrogen-bond donors (Lipinski definition) is 3. The van der Waals surface area contributed by atoms with Crippen LogP contribution in [0.2, 0.25) is 5.02 Å². The van der Waals surface area contributed by atoms with Gasteiger partial charge in [0.1, 0.15) is 11.3 Å². The summed E-state index contributed by atoms with van der Waals surface area (Å²) in [4.78, 5) is 17.1. The van der Waals surface area contributed by atoms with Crippen molar-refractivity contribution in [2.24, 2.45) is 0 Å². The predicted octanol–water partition coefficient (Wildman–Crippen LogP) is 6.16. The molecule has 4 rings (SSSR count). The maximum Gasteiger partial charge on any atom is 0.258 e. The second kappa shape index (κ2) is 9.21. The average Bonchev–Trinajstić information content (AvgIpc) is 3.18. The molecule has 0 fully saturated rings. The number of thiocarbonyl (C=S) groups is 1. The predicted molar refractivity (Wildman–Crippen MR) is 135 cm³/mol. The van der Waals surface area contributed by atoms with Crippen LogP contribution in [0.5, 0.6) is 5.75 Å². The highest BCUT2D eigenvalue weighted by atomic mass is 35.5. The number of anilines is 1. The number of phenols is 1. The second-order valence-corrected chi connectivity index (χ2v) is 8.57. The number of aromatic nitrogens is 1. The number of carbonyl (C=O) groups excluding carboxylic acids is 1. The van der Waals surface area contributed by atoms with Crippen LogP contribution in [0.25, 0.3) is 22.6 Å². The largest absolute Gasteiger partial charge is 0.507 e. The van der Waals surface area contributed by atoms with Crippen LogP contribution >= 0.6 is 23.8 Å². The van der Waals surface area contributed by atoms with Crippen LogP contribution in [-0.4, -0.2) is 21.1 Å². The standard InChI is InChI=1S/C25H22ClN3O3S/c1-4-15-6-8-21-20(11-15)28-24(32-21)18-12-16(10-14(3)22(18)30)27-25(33)29-23(31)17-7-5-13(2)9-19(17)26/h5-12,30H,4H2,1-3H3,(H2,27,29,31,33). The van der Waals surface area contributed by atoms with E-state index in [1.165, 1.54) is 0 Å². The molecule has 4 aromatic rings. The highest BCUT2D eigenvalue weighted by molar-refractivity contribution is 7.80. The van der Waals surface area contributed by atoms with Crippen molar-refractivity contribution in [3.8, 4) is 17.2 Å². The molecule has 0 unspecified atom stereocenters. The lowest BCUT2D eigenvalue weighted by atomic mass is 10.1. The van der Waals surface area contributed by atoms with Crippen molar-refractivity contribution in [3.63, 3.8) is 0 Å². The number of aromatic hydroxyl groups is 1. The number of oxazole rings is 1. The Morgan fingerprint density at radius 3 is 2.67 bits per heavy atom. The number of hydrogen-bond acceptors (Lipinski definition) is 5. The van der Waals surface area contributed by atoms with Gasteiger partial charge in [-0.1, -0.05) is 30.7 Å². The Hall–Kier alpha value is -3.42. The first-order valence-corrected chi connectivity index (χ1v) is 11.2. The van der Waals surface area contributed by atoms with E-state index in [1.54, 1.807) is 37.3 Å². The summed E-state index contributed by atoms with van der Waals surface area (Å²) in [7, 11) is 0. The summed E-state index contributed by atoms with van der Waals surface area (Å²) in [5.74, 6) is -0.0630. The highest BCUT2D eigenvalue weighted by Crippen LogP contribution is 2.36. The van der Waals surface area contributed by atoms with Crippen molar-refractivity contribution >= 4 is 51.6 Å². The topological polar surface area (TPSA) is 87.4 Å². The van der Waals surface area contributed by atoms with Gasteiger partial charge in [-0.2, -0.15) is 0 Å². The van der Waals surface area contributed by atoms with E-state index in [2.05, 4.69) is 22.5 Å². The Morgan fingerprint density at radius 2 is 1.94 bits per heavy atom. The molecule has 0 saturated heterocycles.